The van der Waals surface area contributed by atoms with Gasteiger partial charge in [0.25, 0.3) is 0 Å². The molecule has 34 heavy (non-hydrogen) atoms. The Morgan fingerprint density at radius 3 is 2.00 bits per heavy atom. The molecule has 3 aromatic rings. The summed E-state index contributed by atoms with van der Waals surface area (Å²) >= 11 is 0. The highest BCUT2D eigenvalue weighted by Gasteiger charge is 2.23. The molecule has 0 fully saturated rings. The molecule has 0 heterocycles. The molecule has 0 bridgehead atoms. The van der Waals surface area contributed by atoms with Crippen LogP contribution in [-0.2, 0) is 6.61 Å². The highest BCUT2D eigenvalue weighted by atomic mass is 16.5. The van der Waals surface area contributed by atoms with Gasteiger partial charge in [0.15, 0.2) is 0 Å². The molecule has 4 nitrogen and oxygen atoms in total. The fourth-order valence-corrected chi connectivity index (χ4v) is 4.60. The van der Waals surface area contributed by atoms with E-state index in [4.69, 9.17) is 4.74 Å². The molecule has 0 aliphatic heterocycles. The fraction of sp³-hybridized carbons (Fsp3) is 0.400. The van der Waals surface area contributed by atoms with Gasteiger partial charge in [-0.15, -0.1) is 0 Å². The lowest BCUT2D eigenvalue weighted by Gasteiger charge is -2.32. The van der Waals surface area contributed by atoms with E-state index >= 15 is 0 Å². The maximum absolute atomic E-state index is 10.4. The molecule has 0 aromatic heterocycles. The second-order valence-electron chi connectivity index (χ2n) is 9.45. The van der Waals surface area contributed by atoms with Gasteiger partial charge in [-0.3, -0.25) is 4.90 Å². The van der Waals surface area contributed by atoms with Gasteiger partial charge in [0, 0.05) is 23.6 Å². The maximum atomic E-state index is 10.4. The lowest BCUT2D eigenvalue weighted by Crippen LogP contribution is -2.38. The van der Waals surface area contributed by atoms with E-state index in [-0.39, 0.29) is 12.5 Å². The first-order chi connectivity index (χ1) is 16.4. The van der Waals surface area contributed by atoms with Crippen LogP contribution in [-0.4, -0.2) is 40.3 Å². The summed E-state index contributed by atoms with van der Waals surface area (Å²) in [5, 5.41) is 19.9. The summed E-state index contributed by atoms with van der Waals surface area (Å²) in [7, 11) is 0. The van der Waals surface area contributed by atoms with Crippen molar-refractivity contribution in [3.63, 3.8) is 0 Å². The van der Waals surface area contributed by atoms with Crippen molar-refractivity contribution in [2.24, 2.45) is 0 Å². The second-order valence-corrected chi connectivity index (χ2v) is 9.45. The van der Waals surface area contributed by atoms with Crippen LogP contribution in [0.4, 0.5) is 0 Å². The molecule has 4 heteroatoms. The average molecular weight is 462 g/mol. The Labute approximate surface area is 204 Å². The number of hydrogen-bond donors (Lipinski definition) is 2. The quantitative estimate of drug-likeness (QED) is 0.351. The van der Waals surface area contributed by atoms with Crippen molar-refractivity contribution in [2.75, 3.05) is 13.2 Å². The van der Waals surface area contributed by atoms with Crippen LogP contribution >= 0.6 is 0 Å². The normalized spacial score (nSPS) is 13.4. The molecular weight excluding hydrogens is 422 g/mol. The number of benzene rings is 3. The van der Waals surface area contributed by atoms with Crippen LogP contribution in [0.2, 0.25) is 0 Å². The molecule has 0 saturated heterocycles. The minimum Gasteiger partial charge on any atom is -0.489 e. The third-order valence-corrected chi connectivity index (χ3v) is 6.41. The van der Waals surface area contributed by atoms with Gasteiger partial charge in [-0.1, -0.05) is 66.7 Å². The van der Waals surface area contributed by atoms with Gasteiger partial charge in [-0.25, -0.2) is 0 Å². The fourth-order valence-electron chi connectivity index (χ4n) is 4.60. The van der Waals surface area contributed by atoms with Crippen LogP contribution in [0.3, 0.4) is 0 Å². The van der Waals surface area contributed by atoms with Gasteiger partial charge in [-0.05, 0) is 69.5 Å². The van der Waals surface area contributed by atoms with E-state index in [0.717, 1.165) is 29.8 Å². The molecule has 0 aliphatic carbocycles. The van der Waals surface area contributed by atoms with Crippen molar-refractivity contribution < 1.29 is 14.9 Å². The van der Waals surface area contributed by atoms with E-state index in [9.17, 15) is 10.2 Å². The summed E-state index contributed by atoms with van der Waals surface area (Å²) in [6.07, 6.45) is 0.00182. The first kappa shape index (κ1) is 26.0. The zero-order chi connectivity index (χ0) is 24.5. The molecule has 0 saturated carbocycles. The van der Waals surface area contributed by atoms with Gasteiger partial charge in [0.2, 0.25) is 0 Å². The minimum absolute atomic E-state index is 0.0952. The van der Waals surface area contributed by atoms with Gasteiger partial charge < -0.3 is 14.9 Å². The van der Waals surface area contributed by atoms with Crippen molar-refractivity contribution >= 4 is 0 Å². The van der Waals surface area contributed by atoms with Crippen molar-refractivity contribution in [1.82, 2.24) is 4.90 Å². The molecule has 3 rings (SSSR count). The van der Waals surface area contributed by atoms with Crippen LogP contribution < -0.4 is 4.74 Å². The first-order valence-corrected chi connectivity index (χ1v) is 12.3. The Kier molecular flexibility index (Phi) is 9.70. The highest BCUT2D eigenvalue weighted by Crippen LogP contribution is 2.37. The minimum atomic E-state index is -0.916. The van der Waals surface area contributed by atoms with Crippen LogP contribution in [0.1, 0.15) is 68.4 Å². The van der Waals surface area contributed by atoms with Crippen molar-refractivity contribution in [2.45, 2.75) is 64.8 Å². The monoisotopic (exact) mass is 461 g/mol. The topological polar surface area (TPSA) is 52.9 Å². The average Bonchev–Trinajstić information content (AvgIpc) is 2.85. The molecule has 0 radical (unpaired) electrons. The summed E-state index contributed by atoms with van der Waals surface area (Å²) in [5.74, 6) is 0.907. The third-order valence-electron chi connectivity index (χ3n) is 6.41. The Morgan fingerprint density at radius 2 is 1.41 bits per heavy atom. The molecule has 3 aromatic carbocycles. The van der Waals surface area contributed by atoms with E-state index in [0.29, 0.717) is 24.3 Å². The predicted octanol–water partition coefficient (Wildman–Crippen LogP) is 5.93. The van der Waals surface area contributed by atoms with E-state index in [1.807, 2.05) is 42.5 Å². The number of aliphatic hydroxyl groups excluding tert-OH is 2. The lowest BCUT2D eigenvalue weighted by atomic mass is 9.86. The second kappa shape index (κ2) is 12.7. The number of nitrogens with zero attached hydrogens (tertiary/aromatic N) is 1. The molecule has 2 N–H and O–H groups in total. The van der Waals surface area contributed by atoms with Crippen molar-refractivity contribution in [3.8, 4) is 5.75 Å². The van der Waals surface area contributed by atoms with Gasteiger partial charge in [0.05, 0.1) is 6.61 Å². The largest absolute Gasteiger partial charge is 0.489 e. The zero-order valence-corrected chi connectivity index (χ0v) is 20.9. The lowest BCUT2D eigenvalue weighted by molar-refractivity contribution is 0.0954. The number of ether oxygens (including phenoxy) is 1. The van der Waals surface area contributed by atoms with E-state index < -0.39 is 6.10 Å². The highest BCUT2D eigenvalue weighted by molar-refractivity contribution is 5.45. The summed E-state index contributed by atoms with van der Waals surface area (Å²) in [4.78, 5) is 2.51. The SMILES string of the molecule is CC(C)N(CC[C@H](c1ccccc1)c1cc([C@@H](O)CO)ccc1OCc1ccccc1)C(C)C. The van der Waals surface area contributed by atoms with Gasteiger partial charge >= 0.3 is 0 Å². The van der Waals surface area contributed by atoms with Crippen LogP contribution in [0.15, 0.2) is 78.9 Å². The van der Waals surface area contributed by atoms with E-state index in [2.05, 4.69) is 69.0 Å². The van der Waals surface area contributed by atoms with E-state index in [1.165, 1.54) is 5.56 Å². The first-order valence-electron chi connectivity index (χ1n) is 12.3. The Hall–Kier alpha value is -2.66. The van der Waals surface area contributed by atoms with Gasteiger partial charge in [0.1, 0.15) is 18.5 Å². The molecular formula is C30H39NO3. The number of aliphatic hydroxyl groups is 2. The molecule has 0 unspecified atom stereocenters. The molecule has 0 aliphatic rings. The third kappa shape index (κ3) is 6.92. The molecule has 2 atom stereocenters. The zero-order valence-electron chi connectivity index (χ0n) is 20.9. The molecule has 0 amide bonds. The molecule has 182 valence electrons. The van der Waals surface area contributed by atoms with Gasteiger partial charge in [-0.2, -0.15) is 0 Å². The standard InChI is InChI=1S/C30H39NO3/c1-22(2)31(23(3)4)18-17-27(25-13-9-6-10-14-25)28-19-26(29(33)20-32)15-16-30(28)34-21-24-11-7-5-8-12-24/h5-16,19,22-23,27,29,32-33H,17-18,20-21H2,1-4H3/t27-,29+/m1/s1. The Morgan fingerprint density at radius 1 is 0.794 bits per heavy atom. The van der Waals surface area contributed by atoms with Crippen LogP contribution in [0.25, 0.3) is 0 Å². The summed E-state index contributed by atoms with van der Waals surface area (Å²) < 4.78 is 6.34. The maximum Gasteiger partial charge on any atom is 0.123 e. The Balaban J connectivity index is 2.00. The van der Waals surface area contributed by atoms with Crippen LogP contribution in [0.5, 0.6) is 5.75 Å². The predicted molar refractivity (Wildman–Crippen MR) is 139 cm³/mol. The summed E-state index contributed by atoms with van der Waals surface area (Å²) in [6, 6.07) is 27.3. The van der Waals surface area contributed by atoms with Crippen LogP contribution in [0, 0.1) is 0 Å². The smallest absolute Gasteiger partial charge is 0.123 e. The summed E-state index contributed by atoms with van der Waals surface area (Å²) in [6.45, 7) is 10.1. The van der Waals surface area contributed by atoms with E-state index in [1.54, 1.807) is 0 Å². The van der Waals surface area contributed by atoms with Crippen molar-refractivity contribution in [1.29, 1.82) is 0 Å². The molecule has 0 spiro atoms. The Bertz CT molecular complexity index is 980. The number of rotatable bonds is 12. The number of hydrogen-bond acceptors (Lipinski definition) is 4. The van der Waals surface area contributed by atoms with Crippen molar-refractivity contribution in [3.05, 3.63) is 101 Å². The summed E-state index contributed by atoms with van der Waals surface area (Å²) in [5.41, 5.74) is 4.07.